The van der Waals surface area contributed by atoms with Gasteiger partial charge in [0.1, 0.15) is 0 Å². The van der Waals surface area contributed by atoms with Crippen LogP contribution < -0.4 is 15.8 Å². The van der Waals surface area contributed by atoms with Crippen LogP contribution in [0.5, 0.6) is 11.5 Å². The number of carbonyl (C=O) groups excluding carboxylic acids is 1. The molecule has 0 aliphatic carbocycles. The second-order valence-corrected chi connectivity index (χ2v) is 4.83. The predicted octanol–water partition coefficient (Wildman–Crippen LogP) is 2.77. The molecule has 6 heteroatoms. The van der Waals surface area contributed by atoms with Crippen LogP contribution in [0, 0.1) is 0 Å². The van der Waals surface area contributed by atoms with Gasteiger partial charge in [-0.1, -0.05) is 17.7 Å². The second-order valence-electron chi connectivity index (χ2n) is 4.42. The van der Waals surface area contributed by atoms with Crippen LogP contribution in [0.1, 0.15) is 15.9 Å². The standard InChI is InChI=1S/C15H15ClN2O3/c1-21-14-5-2-9(6-13(14)19)8-18-10-3-4-11(15(17)20)12(16)7-10/h2-7,18-19H,8H2,1H3,(H2,17,20). The van der Waals surface area contributed by atoms with Crippen LogP contribution in [0.25, 0.3) is 0 Å². The fourth-order valence-corrected chi connectivity index (χ4v) is 2.15. The van der Waals surface area contributed by atoms with Gasteiger partial charge in [0.05, 0.1) is 17.7 Å². The molecule has 0 saturated carbocycles. The smallest absolute Gasteiger partial charge is 0.250 e. The Balaban J connectivity index is 2.08. The van der Waals surface area contributed by atoms with E-state index >= 15 is 0 Å². The first-order chi connectivity index (χ1) is 10.0. The monoisotopic (exact) mass is 306 g/mol. The maximum atomic E-state index is 11.1. The van der Waals surface area contributed by atoms with E-state index in [1.807, 2.05) is 6.07 Å². The lowest BCUT2D eigenvalue weighted by Crippen LogP contribution is -2.11. The molecule has 2 rings (SSSR count). The number of phenolic OH excluding ortho intramolecular Hbond substituents is 1. The molecule has 0 atom stereocenters. The van der Waals surface area contributed by atoms with Crippen LogP contribution in [-0.4, -0.2) is 18.1 Å². The summed E-state index contributed by atoms with van der Waals surface area (Å²) >= 11 is 5.97. The number of ether oxygens (including phenoxy) is 1. The third-order valence-corrected chi connectivity index (χ3v) is 3.29. The number of halogens is 1. The van der Waals surface area contributed by atoms with Gasteiger partial charge >= 0.3 is 0 Å². The summed E-state index contributed by atoms with van der Waals surface area (Å²) in [7, 11) is 1.50. The number of methoxy groups -OCH3 is 1. The molecule has 1 amide bonds. The molecular weight excluding hydrogens is 292 g/mol. The van der Waals surface area contributed by atoms with E-state index in [0.717, 1.165) is 11.3 Å². The second kappa shape index (κ2) is 6.37. The number of benzene rings is 2. The highest BCUT2D eigenvalue weighted by Crippen LogP contribution is 2.27. The van der Waals surface area contributed by atoms with Gasteiger partial charge in [0, 0.05) is 12.2 Å². The molecule has 0 bridgehead atoms. The molecule has 21 heavy (non-hydrogen) atoms. The van der Waals surface area contributed by atoms with E-state index in [1.54, 1.807) is 30.3 Å². The highest BCUT2D eigenvalue weighted by molar-refractivity contribution is 6.34. The van der Waals surface area contributed by atoms with Gasteiger partial charge < -0.3 is 20.9 Å². The van der Waals surface area contributed by atoms with Crippen LogP contribution in [0.15, 0.2) is 36.4 Å². The van der Waals surface area contributed by atoms with Crippen molar-refractivity contribution in [1.82, 2.24) is 0 Å². The first-order valence-electron chi connectivity index (χ1n) is 6.20. The summed E-state index contributed by atoms with van der Waals surface area (Å²) in [6.07, 6.45) is 0. The minimum absolute atomic E-state index is 0.0823. The van der Waals surface area contributed by atoms with Crippen LogP contribution in [-0.2, 0) is 6.54 Å². The van der Waals surface area contributed by atoms with Crippen LogP contribution in [0.2, 0.25) is 5.02 Å². The highest BCUT2D eigenvalue weighted by Gasteiger charge is 2.07. The van der Waals surface area contributed by atoms with Crippen molar-refractivity contribution >= 4 is 23.2 Å². The Kier molecular flexibility index (Phi) is 4.55. The molecule has 4 N–H and O–H groups in total. The fraction of sp³-hybridized carbons (Fsp3) is 0.133. The van der Waals surface area contributed by atoms with Gasteiger partial charge in [0.2, 0.25) is 5.91 Å². The minimum Gasteiger partial charge on any atom is -0.504 e. The quantitative estimate of drug-likeness (QED) is 0.793. The van der Waals surface area contributed by atoms with Gasteiger partial charge in [0.25, 0.3) is 0 Å². The SMILES string of the molecule is COc1ccc(CNc2ccc(C(N)=O)c(Cl)c2)cc1O. The number of primary amides is 1. The zero-order valence-corrected chi connectivity index (χ0v) is 12.1. The molecule has 0 saturated heterocycles. The number of nitrogens with two attached hydrogens (primary N) is 1. The Morgan fingerprint density at radius 2 is 2.10 bits per heavy atom. The van der Waals surface area contributed by atoms with E-state index < -0.39 is 5.91 Å². The summed E-state index contributed by atoms with van der Waals surface area (Å²) in [5.41, 5.74) is 7.10. The molecule has 0 aliphatic rings. The summed E-state index contributed by atoms with van der Waals surface area (Å²) in [4.78, 5) is 11.1. The first kappa shape index (κ1) is 15.0. The number of nitrogens with one attached hydrogen (secondary N) is 1. The topological polar surface area (TPSA) is 84.6 Å². The van der Waals surface area contributed by atoms with Crippen molar-refractivity contribution in [3.05, 3.63) is 52.5 Å². The number of aromatic hydroxyl groups is 1. The van der Waals surface area contributed by atoms with E-state index in [2.05, 4.69) is 5.32 Å². The van der Waals surface area contributed by atoms with Gasteiger partial charge in [-0.3, -0.25) is 4.79 Å². The molecule has 0 heterocycles. The average Bonchev–Trinajstić information content (AvgIpc) is 2.45. The van der Waals surface area contributed by atoms with Crippen molar-refractivity contribution in [1.29, 1.82) is 0 Å². The summed E-state index contributed by atoms with van der Waals surface area (Å²) in [5.74, 6) is -0.0573. The number of phenols is 1. The minimum atomic E-state index is -0.563. The number of rotatable bonds is 5. The molecule has 0 radical (unpaired) electrons. The zero-order chi connectivity index (χ0) is 15.4. The van der Waals surface area contributed by atoms with Gasteiger partial charge in [-0.15, -0.1) is 0 Å². The maximum Gasteiger partial charge on any atom is 0.250 e. The van der Waals surface area contributed by atoms with E-state index in [9.17, 15) is 9.90 Å². The largest absolute Gasteiger partial charge is 0.504 e. The molecule has 0 aliphatic heterocycles. The van der Waals surface area contributed by atoms with E-state index in [1.165, 1.54) is 7.11 Å². The highest BCUT2D eigenvalue weighted by atomic mass is 35.5. The van der Waals surface area contributed by atoms with Crippen molar-refractivity contribution in [2.24, 2.45) is 5.73 Å². The molecular formula is C15H15ClN2O3. The van der Waals surface area contributed by atoms with E-state index in [-0.39, 0.29) is 11.3 Å². The fourth-order valence-electron chi connectivity index (χ4n) is 1.87. The normalized spacial score (nSPS) is 10.2. The lowest BCUT2D eigenvalue weighted by Gasteiger charge is -2.10. The van der Waals surface area contributed by atoms with Crippen LogP contribution in [0.3, 0.4) is 0 Å². The lowest BCUT2D eigenvalue weighted by atomic mass is 10.1. The Hall–Kier alpha value is -2.40. The molecule has 2 aromatic rings. The van der Waals surface area contributed by atoms with Crippen LogP contribution >= 0.6 is 11.6 Å². The summed E-state index contributed by atoms with van der Waals surface area (Å²) in [5, 5.41) is 13.1. The Morgan fingerprint density at radius 3 is 2.67 bits per heavy atom. The first-order valence-corrected chi connectivity index (χ1v) is 6.58. The molecule has 0 unspecified atom stereocenters. The van der Waals surface area contributed by atoms with Gasteiger partial charge in [0.15, 0.2) is 11.5 Å². The van der Waals surface area contributed by atoms with Crippen molar-refractivity contribution in [2.75, 3.05) is 12.4 Å². The number of hydrogen-bond donors (Lipinski definition) is 3. The van der Waals surface area contributed by atoms with Gasteiger partial charge in [-0.25, -0.2) is 0 Å². The third kappa shape index (κ3) is 3.58. The van der Waals surface area contributed by atoms with E-state index in [0.29, 0.717) is 17.3 Å². The molecule has 5 nitrogen and oxygen atoms in total. The molecule has 0 fully saturated rings. The average molecular weight is 307 g/mol. The summed E-state index contributed by atoms with van der Waals surface area (Å²) in [6, 6.07) is 10.1. The number of carbonyl (C=O) groups is 1. The van der Waals surface area contributed by atoms with Crippen molar-refractivity contribution in [3.63, 3.8) is 0 Å². The number of hydrogen-bond acceptors (Lipinski definition) is 4. The molecule has 0 spiro atoms. The van der Waals surface area contributed by atoms with Crippen molar-refractivity contribution in [2.45, 2.75) is 6.54 Å². The Bertz CT molecular complexity index is 674. The molecule has 110 valence electrons. The number of amides is 1. The summed E-state index contributed by atoms with van der Waals surface area (Å²) in [6.45, 7) is 0.490. The Labute approximate surface area is 127 Å². The van der Waals surface area contributed by atoms with Crippen molar-refractivity contribution in [3.8, 4) is 11.5 Å². The Morgan fingerprint density at radius 1 is 1.33 bits per heavy atom. The van der Waals surface area contributed by atoms with Gasteiger partial charge in [-0.2, -0.15) is 0 Å². The maximum absolute atomic E-state index is 11.1. The lowest BCUT2D eigenvalue weighted by molar-refractivity contribution is 0.100. The van der Waals surface area contributed by atoms with Crippen LogP contribution in [0.4, 0.5) is 5.69 Å². The third-order valence-electron chi connectivity index (χ3n) is 2.97. The predicted molar refractivity (Wildman–Crippen MR) is 82.0 cm³/mol. The molecule has 0 aromatic heterocycles. The number of anilines is 1. The van der Waals surface area contributed by atoms with Crippen molar-refractivity contribution < 1.29 is 14.6 Å². The van der Waals surface area contributed by atoms with E-state index in [4.69, 9.17) is 22.1 Å². The molecule has 2 aromatic carbocycles. The zero-order valence-electron chi connectivity index (χ0n) is 11.4. The van der Waals surface area contributed by atoms with Gasteiger partial charge in [-0.05, 0) is 35.9 Å². The summed E-state index contributed by atoms with van der Waals surface area (Å²) < 4.78 is 4.98.